The maximum absolute atomic E-state index is 14.8. The highest BCUT2D eigenvalue weighted by Crippen LogP contribution is 2.52. The molecule has 232 valence electrons. The van der Waals surface area contributed by atoms with E-state index < -0.39 is 15.6 Å². The number of anilines is 2. The Morgan fingerprint density at radius 2 is 1.72 bits per heavy atom. The van der Waals surface area contributed by atoms with Gasteiger partial charge in [-0.25, -0.2) is 8.42 Å². The van der Waals surface area contributed by atoms with E-state index in [-0.39, 0.29) is 11.4 Å². The first-order valence-electron chi connectivity index (χ1n) is 15.4. The second-order valence-electron chi connectivity index (χ2n) is 11.6. The smallest absolute Gasteiger partial charge is 0.266 e. The molecular formula is C36H34N6O3S. The minimum atomic E-state index is -4.10. The van der Waals surface area contributed by atoms with E-state index in [1.54, 1.807) is 36.5 Å². The van der Waals surface area contributed by atoms with Crippen LogP contribution in [0.1, 0.15) is 29.2 Å². The van der Waals surface area contributed by atoms with Crippen molar-refractivity contribution in [1.29, 1.82) is 5.26 Å². The van der Waals surface area contributed by atoms with Crippen molar-refractivity contribution >= 4 is 32.3 Å². The number of pyridine rings is 2. The van der Waals surface area contributed by atoms with Gasteiger partial charge < -0.3 is 9.64 Å². The highest BCUT2D eigenvalue weighted by atomic mass is 32.2. The van der Waals surface area contributed by atoms with E-state index in [1.807, 2.05) is 67.8 Å². The molecule has 4 heterocycles. The molecule has 1 atom stereocenters. The van der Waals surface area contributed by atoms with Crippen LogP contribution < -0.4 is 13.9 Å². The molecule has 7 rings (SSSR count). The minimum absolute atomic E-state index is 0.112. The van der Waals surface area contributed by atoms with E-state index in [4.69, 9.17) is 4.74 Å². The van der Waals surface area contributed by atoms with Crippen LogP contribution in [0.3, 0.4) is 0 Å². The number of aryl methyl sites for hydroxylation is 1. The van der Waals surface area contributed by atoms with Crippen LogP contribution in [-0.4, -0.2) is 62.6 Å². The number of fused-ring (bicyclic) bond motifs is 2. The number of piperazine rings is 1. The van der Waals surface area contributed by atoms with Crippen molar-refractivity contribution in [1.82, 2.24) is 14.9 Å². The Morgan fingerprint density at radius 3 is 2.50 bits per heavy atom. The van der Waals surface area contributed by atoms with Crippen LogP contribution in [0, 0.1) is 18.3 Å². The summed E-state index contributed by atoms with van der Waals surface area (Å²) in [7, 11) is -4.10. The van der Waals surface area contributed by atoms with E-state index in [9.17, 15) is 13.7 Å². The first-order valence-corrected chi connectivity index (χ1v) is 16.9. The molecule has 10 heteroatoms. The number of benzene rings is 3. The lowest BCUT2D eigenvalue weighted by Crippen LogP contribution is -2.58. The molecule has 0 aliphatic carbocycles. The lowest BCUT2D eigenvalue weighted by molar-refractivity contribution is 0.124. The Balaban J connectivity index is 1.41. The molecule has 2 aliphatic rings. The number of hydrogen-bond donors (Lipinski definition) is 0. The number of ether oxygens (including phenoxy) is 1. The number of rotatable bonds is 7. The fraction of sp³-hybridized carbons (Fsp3) is 0.250. The number of sulfonamides is 1. The Hall–Kier alpha value is -4.98. The summed E-state index contributed by atoms with van der Waals surface area (Å²) in [5, 5.41) is 10.8. The third-order valence-electron chi connectivity index (χ3n) is 9.16. The molecule has 1 saturated heterocycles. The Kier molecular flexibility index (Phi) is 7.59. The molecular weight excluding hydrogens is 597 g/mol. The second kappa shape index (κ2) is 11.7. The highest BCUT2D eigenvalue weighted by molar-refractivity contribution is 7.93. The van der Waals surface area contributed by atoms with Gasteiger partial charge in [-0.3, -0.25) is 19.2 Å². The molecule has 0 N–H and O–H groups in total. The standard InChI is InChI=1S/C36H34N6O3S/c1-3-45-33-11-5-4-10-29(33)36(41-20-18-40(19-21-41)31-15-17-38-24-26(31)2)25-42(32-14-13-27(23-37)22-30(32)36)46(43,44)34-12-6-8-28-9-7-16-39-35(28)34/h4-17,22,24H,3,18-21,25H2,1-2H3. The number of hydrogen-bond acceptors (Lipinski definition) is 8. The fourth-order valence-corrected chi connectivity index (χ4v) is 8.74. The van der Waals surface area contributed by atoms with Crippen LogP contribution in [0.2, 0.25) is 0 Å². The molecule has 2 aliphatic heterocycles. The van der Waals surface area contributed by atoms with Gasteiger partial charge in [0.05, 0.1) is 41.5 Å². The molecule has 3 aromatic carbocycles. The number of aromatic nitrogens is 2. The van der Waals surface area contributed by atoms with Crippen LogP contribution in [0.15, 0.2) is 102 Å². The average Bonchev–Trinajstić information content (AvgIpc) is 3.45. The molecule has 0 spiro atoms. The van der Waals surface area contributed by atoms with E-state index in [1.165, 1.54) is 4.31 Å². The van der Waals surface area contributed by atoms with Gasteiger partial charge in [-0.1, -0.05) is 36.4 Å². The highest BCUT2D eigenvalue weighted by Gasteiger charge is 2.53. The summed E-state index contributed by atoms with van der Waals surface area (Å²) in [6.45, 7) is 7.35. The van der Waals surface area contributed by atoms with E-state index >= 15 is 0 Å². The molecule has 0 saturated carbocycles. The third kappa shape index (κ3) is 4.75. The Labute approximate surface area is 269 Å². The van der Waals surface area contributed by atoms with Crippen molar-refractivity contribution < 1.29 is 13.2 Å². The zero-order valence-electron chi connectivity index (χ0n) is 25.8. The molecule has 2 aromatic heterocycles. The monoisotopic (exact) mass is 630 g/mol. The Morgan fingerprint density at radius 1 is 0.913 bits per heavy atom. The van der Waals surface area contributed by atoms with Gasteiger partial charge >= 0.3 is 0 Å². The topological polar surface area (TPSA) is 103 Å². The SMILES string of the molecule is CCOc1ccccc1C1(N2CCN(c3ccncc3C)CC2)CN(S(=O)(=O)c2cccc3cccnc23)c2ccc(C#N)cc21. The van der Waals surface area contributed by atoms with Gasteiger partial charge in [0.1, 0.15) is 10.6 Å². The second-order valence-corrected chi connectivity index (χ2v) is 13.4. The van der Waals surface area contributed by atoms with Crippen molar-refractivity contribution in [3.05, 3.63) is 120 Å². The summed E-state index contributed by atoms with van der Waals surface area (Å²) in [6.07, 6.45) is 5.31. The zero-order chi connectivity index (χ0) is 31.9. The molecule has 9 nitrogen and oxygen atoms in total. The summed E-state index contributed by atoms with van der Waals surface area (Å²) in [5.41, 5.74) is 4.40. The molecule has 46 heavy (non-hydrogen) atoms. The van der Waals surface area contributed by atoms with Gasteiger partial charge in [0, 0.05) is 67.0 Å². The predicted molar refractivity (Wildman–Crippen MR) is 179 cm³/mol. The first-order chi connectivity index (χ1) is 22.4. The predicted octanol–water partition coefficient (Wildman–Crippen LogP) is 5.48. The van der Waals surface area contributed by atoms with E-state index in [0.717, 1.165) is 40.9 Å². The molecule has 0 bridgehead atoms. The van der Waals surface area contributed by atoms with Crippen molar-refractivity contribution in [3.63, 3.8) is 0 Å². The summed E-state index contributed by atoms with van der Waals surface area (Å²) in [5.74, 6) is 0.691. The number of nitriles is 1. The normalized spacial score (nSPS) is 18.4. The zero-order valence-corrected chi connectivity index (χ0v) is 26.6. The summed E-state index contributed by atoms with van der Waals surface area (Å²) >= 11 is 0. The van der Waals surface area contributed by atoms with Crippen molar-refractivity contribution in [2.24, 2.45) is 0 Å². The van der Waals surface area contributed by atoms with Gasteiger partial charge in [-0.2, -0.15) is 5.26 Å². The molecule has 0 radical (unpaired) electrons. The van der Waals surface area contributed by atoms with Gasteiger partial charge in [0.25, 0.3) is 10.0 Å². The Bertz CT molecular complexity index is 2080. The minimum Gasteiger partial charge on any atom is -0.494 e. The van der Waals surface area contributed by atoms with Gasteiger partial charge in [-0.15, -0.1) is 0 Å². The molecule has 0 amide bonds. The lowest BCUT2D eigenvalue weighted by Gasteiger charge is -2.47. The van der Waals surface area contributed by atoms with Gasteiger partial charge in [-0.05, 0) is 61.9 Å². The number of para-hydroxylation sites is 2. The summed E-state index contributed by atoms with van der Waals surface area (Å²) in [6, 6.07) is 26.4. The van der Waals surface area contributed by atoms with E-state index in [2.05, 4.69) is 32.8 Å². The van der Waals surface area contributed by atoms with E-state index in [0.29, 0.717) is 42.2 Å². The molecule has 1 fully saturated rings. The van der Waals surface area contributed by atoms with Gasteiger partial charge in [0.15, 0.2) is 0 Å². The molecule has 1 unspecified atom stereocenters. The maximum Gasteiger partial charge on any atom is 0.266 e. The summed E-state index contributed by atoms with van der Waals surface area (Å²) in [4.78, 5) is 13.6. The van der Waals surface area contributed by atoms with Crippen LogP contribution in [0.25, 0.3) is 10.9 Å². The quantitative estimate of drug-likeness (QED) is 0.233. The summed E-state index contributed by atoms with van der Waals surface area (Å²) < 4.78 is 37.3. The van der Waals surface area contributed by atoms with Crippen LogP contribution in [0.4, 0.5) is 11.4 Å². The fourth-order valence-electron chi connectivity index (χ4n) is 7.06. The van der Waals surface area contributed by atoms with Crippen molar-refractivity contribution in [2.75, 3.05) is 48.5 Å². The molecule has 5 aromatic rings. The average molecular weight is 631 g/mol. The lowest BCUT2D eigenvalue weighted by atomic mass is 9.81. The van der Waals surface area contributed by atoms with Crippen molar-refractivity contribution in [2.45, 2.75) is 24.3 Å². The maximum atomic E-state index is 14.8. The van der Waals surface area contributed by atoms with Crippen LogP contribution >= 0.6 is 0 Å². The number of nitrogens with zero attached hydrogens (tertiary/aromatic N) is 6. The van der Waals surface area contributed by atoms with Crippen LogP contribution in [-0.2, 0) is 15.6 Å². The van der Waals surface area contributed by atoms with Gasteiger partial charge in [0.2, 0.25) is 0 Å². The van der Waals surface area contributed by atoms with Crippen molar-refractivity contribution in [3.8, 4) is 11.8 Å². The largest absolute Gasteiger partial charge is 0.494 e. The third-order valence-corrected chi connectivity index (χ3v) is 11.0. The van der Waals surface area contributed by atoms with Crippen LogP contribution in [0.5, 0.6) is 5.75 Å². The first kappa shape index (κ1) is 29.7.